The Morgan fingerprint density at radius 1 is 1.10 bits per heavy atom. The van der Waals surface area contributed by atoms with Crippen LogP contribution in [0.3, 0.4) is 0 Å². The van der Waals surface area contributed by atoms with Gasteiger partial charge in [0.2, 0.25) is 5.91 Å². The number of carbonyl (C=O) groups excluding carboxylic acids is 1. The number of anilines is 1. The minimum absolute atomic E-state index is 0.127. The van der Waals surface area contributed by atoms with Crippen LogP contribution < -0.4 is 14.8 Å². The van der Waals surface area contributed by atoms with Crippen molar-refractivity contribution in [3.05, 3.63) is 48.9 Å². The molecule has 0 saturated heterocycles. The lowest BCUT2D eigenvalue weighted by Gasteiger charge is -2.07. The van der Waals surface area contributed by atoms with E-state index in [9.17, 15) is 4.79 Å². The topological polar surface area (TPSA) is 102 Å². The molecule has 0 bridgehead atoms. The third-order valence-corrected chi connectivity index (χ3v) is 4.31. The standard InChI is InChI=1S/C21H19N5O3/c1-12(27)25-18-8-13(6-7-22-18)20-19(16-5-4-14(28-2)10-23-16)21-17(26-20)9-15(29-3)11-24-21/h4-11,26H,1-3H3,(H,22,25,27)/i2D3. The lowest BCUT2D eigenvalue weighted by atomic mass is 10.0. The van der Waals surface area contributed by atoms with Crippen LogP contribution in [0.5, 0.6) is 11.5 Å². The Morgan fingerprint density at radius 2 is 1.97 bits per heavy atom. The first-order valence-corrected chi connectivity index (χ1v) is 8.68. The van der Waals surface area contributed by atoms with Gasteiger partial charge in [-0.05, 0) is 24.3 Å². The Morgan fingerprint density at radius 3 is 2.69 bits per heavy atom. The van der Waals surface area contributed by atoms with Gasteiger partial charge in [-0.3, -0.25) is 14.8 Å². The van der Waals surface area contributed by atoms with Gasteiger partial charge in [-0.1, -0.05) is 0 Å². The molecule has 0 spiro atoms. The molecule has 0 aliphatic rings. The van der Waals surface area contributed by atoms with Gasteiger partial charge in [0.15, 0.2) is 0 Å². The average Bonchev–Trinajstić information content (AvgIpc) is 3.11. The number of H-pyrrole nitrogens is 1. The van der Waals surface area contributed by atoms with Crippen LogP contribution >= 0.6 is 0 Å². The number of rotatable bonds is 5. The maximum Gasteiger partial charge on any atom is 0.222 e. The van der Waals surface area contributed by atoms with Gasteiger partial charge < -0.3 is 19.8 Å². The summed E-state index contributed by atoms with van der Waals surface area (Å²) in [6.07, 6.45) is 4.54. The molecule has 0 aromatic carbocycles. The van der Waals surface area contributed by atoms with Gasteiger partial charge in [-0.25, -0.2) is 4.98 Å². The highest BCUT2D eigenvalue weighted by Crippen LogP contribution is 2.38. The van der Waals surface area contributed by atoms with E-state index in [1.807, 2.05) is 6.07 Å². The zero-order valence-electron chi connectivity index (χ0n) is 18.7. The largest absolute Gasteiger partial charge is 0.495 e. The fourth-order valence-corrected chi connectivity index (χ4v) is 3.06. The summed E-state index contributed by atoms with van der Waals surface area (Å²) in [5.41, 5.74) is 4.07. The highest BCUT2D eigenvalue weighted by Gasteiger charge is 2.18. The summed E-state index contributed by atoms with van der Waals surface area (Å²) in [4.78, 5) is 27.9. The summed E-state index contributed by atoms with van der Waals surface area (Å²) in [6.45, 7) is 1.41. The number of fused-ring (bicyclic) bond motifs is 1. The molecule has 0 aliphatic heterocycles. The lowest BCUT2D eigenvalue weighted by Crippen LogP contribution is -2.07. The van der Waals surface area contributed by atoms with Crippen LogP contribution in [0.25, 0.3) is 33.5 Å². The quantitative estimate of drug-likeness (QED) is 0.537. The predicted octanol–water partition coefficient (Wildman–Crippen LogP) is 3.66. The predicted molar refractivity (Wildman–Crippen MR) is 110 cm³/mol. The zero-order chi connectivity index (χ0) is 22.9. The van der Waals surface area contributed by atoms with E-state index in [1.165, 1.54) is 19.2 Å². The Kier molecular flexibility index (Phi) is 3.94. The van der Waals surface area contributed by atoms with E-state index < -0.39 is 7.04 Å². The number of pyridine rings is 3. The van der Waals surface area contributed by atoms with Crippen molar-refractivity contribution in [3.8, 4) is 34.0 Å². The molecule has 1 amide bonds. The first kappa shape index (κ1) is 15.0. The van der Waals surface area contributed by atoms with Crippen LogP contribution in [0, 0.1) is 0 Å². The normalized spacial score (nSPS) is 12.7. The van der Waals surface area contributed by atoms with E-state index in [-0.39, 0.29) is 11.7 Å². The summed E-state index contributed by atoms with van der Waals surface area (Å²) in [7, 11) is -1.01. The average molecular weight is 392 g/mol. The Balaban J connectivity index is 1.86. The second kappa shape index (κ2) is 7.59. The van der Waals surface area contributed by atoms with Gasteiger partial charge in [-0.15, -0.1) is 0 Å². The number of aromatic nitrogens is 4. The van der Waals surface area contributed by atoms with Crippen LogP contribution in [0.4, 0.5) is 5.82 Å². The van der Waals surface area contributed by atoms with Crippen LogP contribution in [0.15, 0.2) is 48.9 Å². The molecule has 29 heavy (non-hydrogen) atoms. The summed E-state index contributed by atoms with van der Waals surface area (Å²) < 4.78 is 31.9. The van der Waals surface area contributed by atoms with Crippen LogP contribution in [-0.2, 0) is 4.79 Å². The molecule has 4 heterocycles. The molecular weight excluding hydrogens is 370 g/mol. The van der Waals surface area contributed by atoms with Crippen LogP contribution in [-0.4, -0.2) is 40.0 Å². The number of hydrogen-bond acceptors (Lipinski definition) is 6. The molecule has 8 nitrogen and oxygen atoms in total. The number of methoxy groups -OCH3 is 2. The Hall–Kier alpha value is -3.94. The number of amides is 1. The van der Waals surface area contributed by atoms with E-state index in [2.05, 4.69) is 25.3 Å². The molecule has 2 N–H and O–H groups in total. The fourth-order valence-electron chi connectivity index (χ4n) is 3.06. The Labute approximate surface area is 171 Å². The number of nitrogens with zero attached hydrogens (tertiary/aromatic N) is 3. The van der Waals surface area contributed by atoms with Gasteiger partial charge >= 0.3 is 0 Å². The van der Waals surface area contributed by atoms with Gasteiger partial charge in [0, 0.05) is 24.8 Å². The molecular formula is C21H19N5O3. The third kappa shape index (κ3) is 3.60. The smallest absolute Gasteiger partial charge is 0.222 e. The summed E-state index contributed by atoms with van der Waals surface area (Å²) in [6, 6.07) is 8.55. The van der Waals surface area contributed by atoms with E-state index in [4.69, 9.17) is 13.6 Å². The summed E-state index contributed by atoms with van der Waals surface area (Å²) in [5.74, 6) is 0.880. The fraction of sp³-hybridized carbons (Fsp3) is 0.143. The monoisotopic (exact) mass is 392 g/mol. The molecule has 0 saturated carbocycles. The molecule has 8 heteroatoms. The number of carbonyl (C=O) groups is 1. The van der Waals surface area contributed by atoms with Crippen LogP contribution in [0.1, 0.15) is 11.0 Å². The molecule has 0 aliphatic carbocycles. The van der Waals surface area contributed by atoms with Crippen molar-refractivity contribution in [1.29, 1.82) is 0 Å². The highest BCUT2D eigenvalue weighted by atomic mass is 16.5. The zero-order valence-corrected chi connectivity index (χ0v) is 15.7. The van der Waals surface area contributed by atoms with E-state index in [0.29, 0.717) is 34.0 Å². The molecule has 4 aromatic rings. The second-order valence-electron chi connectivity index (χ2n) is 6.24. The van der Waals surface area contributed by atoms with Crippen LogP contribution in [0.2, 0.25) is 0 Å². The van der Waals surface area contributed by atoms with Crippen molar-refractivity contribution in [1.82, 2.24) is 19.9 Å². The maximum absolute atomic E-state index is 11.4. The maximum atomic E-state index is 11.4. The summed E-state index contributed by atoms with van der Waals surface area (Å²) >= 11 is 0. The molecule has 0 unspecified atom stereocenters. The first-order chi connectivity index (χ1) is 15.2. The number of ether oxygens (including phenoxy) is 2. The number of nitrogens with one attached hydrogen (secondary N) is 2. The molecule has 146 valence electrons. The second-order valence-corrected chi connectivity index (χ2v) is 6.24. The SMILES string of the molecule is [2H]C([2H])([2H])Oc1ccc(-c2c(-c3ccnc(NC(C)=O)c3)[nH]c3cc(OC)cnc23)nc1. The van der Waals surface area contributed by atoms with Crippen molar-refractivity contribution < 1.29 is 18.4 Å². The van der Waals surface area contributed by atoms with Gasteiger partial charge in [0.05, 0.1) is 58.6 Å². The van der Waals surface area contributed by atoms with E-state index >= 15 is 0 Å². The van der Waals surface area contributed by atoms with Crippen molar-refractivity contribution in [3.63, 3.8) is 0 Å². The number of aromatic amines is 1. The molecule has 0 atom stereocenters. The van der Waals surface area contributed by atoms with E-state index in [0.717, 1.165) is 11.1 Å². The molecule has 4 rings (SSSR count). The molecule has 4 aromatic heterocycles. The molecule has 0 fully saturated rings. The third-order valence-electron chi connectivity index (χ3n) is 4.31. The van der Waals surface area contributed by atoms with Crippen molar-refractivity contribution in [2.45, 2.75) is 6.92 Å². The van der Waals surface area contributed by atoms with Crippen molar-refractivity contribution >= 4 is 22.8 Å². The summed E-state index contributed by atoms with van der Waals surface area (Å²) in [5, 5.41) is 2.67. The van der Waals surface area contributed by atoms with Crippen molar-refractivity contribution in [2.24, 2.45) is 0 Å². The van der Waals surface area contributed by atoms with Gasteiger partial charge in [-0.2, -0.15) is 0 Å². The van der Waals surface area contributed by atoms with E-state index in [1.54, 1.807) is 37.7 Å². The molecule has 0 radical (unpaired) electrons. The van der Waals surface area contributed by atoms with Gasteiger partial charge in [0.25, 0.3) is 0 Å². The Bertz CT molecular complexity index is 1290. The minimum Gasteiger partial charge on any atom is -0.495 e. The minimum atomic E-state index is -2.57. The first-order valence-electron chi connectivity index (χ1n) is 10.2. The van der Waals surface area contributed by atoms with Gasteiger partial charge in [0.1, 0.15) is 17.3 Å². The number of hydrogen-bond donors (Lipinski definition) is 2. The van der Waals surface area contributed by atoms with Crippen molar-refractivity contribution in [2.75, 3.05) is 19.5 Å². The highest BCUT2D eigenvalue weighted by molar-refractivity contribution is 6.01. The lowest BCUT2D eigenvalue weighted by molar-refractivity contribution is -0.114.